The van der Waals surface area contributed by atoms with Gasteiger partial charge in [0.05, 0.1) is 0 Å². The topological polar surface area (TPSA) is 104 Å². The summed E-state index contributed by atoms with van der Waals surface area (Å²) < 4.78 is 42.1. The van der Waals surface area contributed by atoms with Gasteiger partial charge in [0.15, 0.2) is 0 Å². The van der Waals surface area contributed by atoms with Crippen LogP contribution in [0.2, 0.25) is 0 Å². The van der Waals surface area contributed by atoms with E-state index in [9.17, 15) is 22.9 Å². The van der Waals surface area contributed by atoms with E-state index in [4.69, 9.17) is 4.74 Å². The highest BCUT2D eigenvalue weighted by atomic mass is 32.2. The maximum Gasteiger partial charge on any atom is 0.303 e. The highest BCUT2D eigenvalue weighted by Gasteiger charge is 2.26. The first-order chi connectivity index (χ1) is 22.9. The number of benzene rings is 5. The Morgan fingerprint density at radius 2 is 1.52 bits per heavy atom. The monoisotopic (exact) mass is 659 g/mol. The molecule has 1 heterocycles. The molecular formula is C40H37NO6S. The van der Waals surface area contributed by atoms with E-state index in [0.717, 1.165) is 38.8 Å². The third-order valence-corrected chi connectivity index (χ3v) is 9.55. The van der Waals surface area contributed by atoms with Gasteiger partial charge >= 0.3 is 5.97 Å². The fraction of sp³-hybridized carbons (Fsp3) is 0.175. The molecule has 0 aliphatic carbocycles. The number of nitrogens with zero attached hydrogens (tertiary/aromatic N) is 1. The Morgan fingerprint density at radius 1 is 0.792 bits per heavy atom. The van der Waals surface area contributed by atoms with Crippen LogP contribution in [0.4, 0.5) is 11.4 Å². The van der Waals surface area contributed by atoms with E-state index >= 15 is 0 Å². The number of fused-ring (bicyclic) bond motifs is 2. The molecule has 244 valence electrons. The van der Waals surface area contributed by atoms with E-state index in [1.165, 1.54) is 11.6 Å². The molecule has 0 radical (unpaired) electrons. The first kappa shape index (κ1) is 32.7. The molecule has 1 aliphatic heterocycles. The van der Waals surface area contributed by atoms with E-state index in [2.05, 4.69) is 49.1 Å². The molecule has 6 rings (SSSR count). The van der Waals surface area contributed by atoms with E-state index in [1.807, 2.05) is 62.4 Å². The summed E-state index contributed by atoms with van der Waals surface area (Å²) in [5.74, 6) is 0.199. The molecule has 2 N–H and O–H groups in total. The van der Waals surface area contributed by atoms with E-state index in [1.54, 1.807) is 18.2 Å². The van der Waals surface area contributed by atoms with Gasteiger partial charge in [-0.25, -0.2) is 0 Å². The lowest BCUT2D eigenvalue weighted by Gasteiger charge is -2.29. The SMILES string of the molecule is Cc1ccc(/C=c2\ccc3c(c2)Oc2cc(N(CCCC(=O)O)c4ccc(C)cc4C)ccc2C=3c2ccccc2S(=O)(=O)O)c(C)c1. The Morgan fingerprint density at radius 3 is 2.23 bits per heavy atom. The zero-order valence-corrected chi connectivity index (χ0v) is 28.1. The lowest BCUT2D eigenvalue weighted by atomic mass is 9.92. The van der Waals surface area contributed by atoms with Crippen molar-refractivity contribution in [3.8, 4) is 11.5 Å². The first-order valence-corrected chi connectivity index (χ1v) is 17.2. The largest absolute Gasteiger partial charge is 0.481 e. The van der Waals surface area contributed by atoms with Gasteiger partial charge in [0.2, 0.25) is 0 Å². The van der Waals surface area contributed by atoms with Gasteiger partial charge in [-0.05, 0) is 98.5 Å². The van der Waals surface area contributed by atoms with Gasteiger partial charge in [0.1, 0.15) is 16.4 Å². The van der Waals surface area contributed by atoms with Crippen LogP contribution in [0.25, 0.3) is 11.6 Å². The molecule has 1 aliphatic rings. The van der Waals surface area contributed by atoms with Gasteiger partial charge in [0, 0.05) is 52.3 Å². The van der Waals surface area contributed by atoms with Crippen LogP contribution in [0, 0.1) is 27.7 Å². The van der Waals surface area contributed by atoms with Crippen molar-refractivity contribution in [1.29, 1.82) is 0 Å². The third kappa shape index (κ3) is 6.76. The van der Waals surface area contributed by atoms with Gasteiger partial charge in [-0.2, -0.15) is 8.42 Å². The van der Waals surface area contributed by atoms with Gasteiger partial charge in [-0.15, -0.1) is 0 Å². The van der Waals surface area contributed by atoms with Crippen LogP contribution in [-0.2, 0) is 14.9 Å². The first-order valence-electron chi connectivity index (χ1n) is 15.8. The minimum Gasteiger partial charge on any atom is -0.481 e. The van der Waals surface area contributed by atoms with Gasteiger partial charge in [-0.3, -0.25) is 9.35 Å². The second-order valence-corrected chi connectivity index (χ2v) is 13.7. The van der Waals surface area contributed by atoms with Crippen molar-refractivity contribution >= 4 is 39.1 Å². The fourth-order valence-corrected chi connectivity index (χ4v) is 7.09. The molecule has 5 aromatic rings. The number of anilines is 2. The fourth-order valence-electron chi connectivity index (χ4n) is 6.39. The Labute approximate surface area is 280 Å². The maximum absolute atomic E-state index is 12.6. The quantitative estimate of drug-likeness (QED) is 0.156. The average Bonchev–Trinajstić information content (AvgIpc) is 3.03. The summed E-state index contributed by atoms with van der Waals surface area (Å²) >= 11 is 0. The summed E-state index contributed by atoms with van der Waals surface area (Å²) in [4.78, 5) is 13.3. The molecule has 7 nitrogen and oxygen atoms in total. The molecular weight excluding hydrogens is 623 g/mol. The van der Waals surface area contributed by atoms with E-state index in [-0.39, 0.29) is 11.3 Å². The van der Waals surface area contributed by atoms with E-state index in [0.29, 0.717) is 46.4 Å². The Bertz CT molecular complexity index is 2310. The lowest BCUT2D eigenvalue weighted by molar-refractivity contribution is -0.137. The van der Waals surface area contributed by atoms with Crippen LogP contribution in [0.5, 0.6) is 11.5 Å². The molecule has 0 bridgehead atoms. The van der Waals surface area contributed by atoms with Crippen LogP contribution >= 0.6 is 0 Å². The maximum atomic E-state index is 12.6. The smallest absolute Gasteiger partial charge is 0.303 e. The number of hydrogen-bond donors (Lipinski definition) is 2. The molecule has 48 heavy (non-hydrogen) atoms. The molecule has 0 atom stereocenters. The summed E-state index contributed by atoms with van der Waals surface area (Å²) in [5, 5.41) is 11.0. The van der Waals surface area contributed by atoms with Gasteiger partial charge in [0.25, 0.3) is 10.1 Å². The van der Waals surface area contributed by atoms with Gasteiger partial charge < -0.3 is 14.7 Å². The number of carboxylic acid groups (broad SMARTS) is 1. The van der Waals surface area contributed by atoms with Crippen molar-refractivity contribution < 1.29 is 27.6 Å². The number of ether oxygens (including phenoxy) is 1. The Hall–Kier alpha value is -5.18. The highest BCUT2D eigenvalue weighted by Crippen LogP contribution is 2.41. The summed E-state index contributed by atoms with van der Waals surface area (Å²) in [6.45, 7) is 8.65. The van der Waals surface area contributed by atoms with Crippen molar-refractivity contribution in [1.82, 2.24) is 0 Å². The van der Waals surface area contributed by atoms with Gasteiger partial charge in [-0.1, -0.05) is 65.7 Å². The number of rotatable bonds is 9. The zero-order valence-electron chi connectivity index (χ0n) is 27.3. The summed E-state index contributed by atoms with van der Waals surface area (Å²) in [6.07, 6.45) is 2.54. The van der Waals surface area contributed by atoms with E-state index < -0.39 is 16.1 Å². The number of aliphatic carboxylic acids is 1. The predicted molar refractivity (Wildman–Crippen MR) is 189 cm³/mol. The molecule has 0 saturated carbocycles. The molecule has 0 aromatic heterocycles. The van der Waals surface area contributed by atoms with Crippen molar-refractivity contribution in [2.45, 2.75) is 45.4 Å². The molecule has 8 heteroatoms. The summed E-state index contributed by atoms with van der Waals surface area (Å²) in [6, 6.07) is 30.4. The van der Waals surface area contributed by atoms with Crippen molar-refractivity contribution in [3.05, 3.63) is 146 Å². The minimum absolute atomic E-state index is 0.0281. The molecule has 0 unspecified atom stereocenters. The second-order valence-electron chi connectivity index (χ2n) is 12.3. The summed E-state index contributed by atoms with van der Waals surface area (Å²) in [5.41, 5.74) is 8.97. The predicted octanol–water partition coefficient (Wildman–Crippen LogP) is 7.35. The zero-order chi connectivity index (χ0) is 34.2. The Kier molecular flexibility index (Phi) is 8.97. The minimum atomic E-state index is -4.55. The van der Waals surface area contributed by atoms with Crippen LogP contribution < -0.4 is 20.1 Å². The third-order valence-electron chi connectivity index (χ3n) is 8.64. The van der Waals surface area contributed by atoms with Crippen molar-refractivity contribution in [3.63, 3.8) is 0 Å². The standard InChI is InChI=1S/C40H37NO6S/c1-25-11-14-30(27(3)20-25)22-29-13-16-32-36(23-29)47-37-24-31(41(19-7-10-39(42)43)35-18-12-26(2)21-28(35)4)15-17-33(37)40(32)34-8-5-6-9-38(34)48(44,45)46/h5-6,8-9,11-18,20-24H,7,10,19H2,1-4H3,(H,42,43)(H,44,45,46)/b29-22+. The highest BCUT2D eigenvalue weighted by molar-refractivity contribution is 7.86. The van der Waals surface area contributed by atoms with Crippen molar-refractivity contribution in [2.75, 3.05) is 11.4 Å². The summed E-state index contributed by atoms with van der Waals surface area (Å²) in [7, 11) is -4.55. The lowest BCUT2D eigenvalue weighted by Crippen LogP contribution is -2.23. The van der Waals surface area contributed by atoms with Crippen LogP contribution in [0.3, 0.4) is 0 Å². The number of aryl methyl sites for hydroxylation is 4. The molecule has 5 aromatic carbocycles. The normalized spacial score (nSPS) is 12.7. The molecule has 0 amide bonds. The molecule has 0 saturated heterocycles. The van der Waals surface area contributed by atoms with Crippen LogP contribution in [0.15, 0.2) is 102 Å². The average molecular weight is 660 g/mol. The number of hydrogen-bond acceptors (Lipinski definition) is 5. The Balaban J connectivity index is 1.56. The van der Waals surface area contributed by atoms with Crippen LogP contribution in [-0.4, -0.2) is 30.6 Å². The van der Waals surface area contributed by atoms with Crippen LogP contribution in [0.1, 0.15) is 51.8 Å². The molecule has 0 fully saturated rings. The van der Waals surface area contributed by atoms with Crippen molar-refractivity contribution in [2.24, 2.45) is 0 Å². The molecule has 0 spiro atoms. The number of carbonyl (C=O) groups is 1. The number of carboxylic acids is 1. The second kappa shape index (κ2) is 13.1.